The van der Waals surface area contributed by atoms with Crippen molar-refractivity contribution in [2.75, 3.05) is 26.4 Å². The van der Waals surface area contributed by atoms with Gasteiger partial charge in [0.25, 0.3) is 0 Å². The number of allylic oxidation sites excluding steroid dienone is 13. The normalized spacial score (nSPS) is 14.0. The van der Waals surface area contributed by atoms with Crippen molar-refractivity contribution < 1.29 is 52.2 Å². The molecule has 3 unspecified atom stereocenters. The monoisotopic (exact) mass is 1030 g/mol. The fraction of sp³-hybridized carbons (Fsp3) is 0.717. The number of rotatable bonds is 52. The van der Waals surface area contributed by atoms with Gasteiger partial charge in [-0.3, -0.25) is 23.4 Å². The van der Waals surface area contributed by atoms with Gasteiger partial charge in [0.2, 0.25) is 0 Å². The lowest BCUT2D eigenvalue weighted by atomic mass is 10.1. The van der Waals surface area contributed by atoms with Crippen LogP contribution in [-0.2, 0) is 42.2 Å². The molecule has 2 N–H and O–H groups in total. The molecule has 0 heterocycles. The number of phosphoric ester groups is 1. The van der Waals surface area contributed by atoms with Crippen LogP contribution in [0.5, 0.6) is 0 Å². The zero-order chi connectivity index (χ0) is 52.7. The summed E-state index contributed by atoms with van der Waals surface area (Å²) in [5, 5.41) is 9.80. The summed E-state index contributed by atoms with van der Waals surface area (Å²) in [7, 11) is -4.78. The van der Waals surface area contributed by atoms with Crippen molar-refractivity contribution in [3.63, 3.8) is 0 Å². The quantitative estimate of drug-likeness (QED) is 0.0197. The Morgan fingerprint density at radius 3 is 1.21 bits per heavy atom. The molecule has 12 heteroatoms. The molecule has 0 spiro atoms. The van der Waals surface area contributed by atoms with Gasteiger partial charge in [-0.1, -0.05) is 209 Å². The summed E-state index contributed by atoms with van der Waals surface area (Å²) in [6.07, 6.45) is 61.4. The third-order valence-electron chi connectivity index (χ3n) is 11.8. The number of phosphoric acid groups is 1. The number of unbranched alkanes of at least 4 members (excludes halogenated alkanes) is 22. The molecule has 0 aliphatic heterocycles. The highest BCUT2D eigenvalue weighted by Crippen LogP contribution is 2.43. The van der Waals surface area contributed by atoms with Crippen LogP contribution in [-0.4, -0.2) is 66.5 Å². The Kier molecular flexibility index (Phi) is 51.4. The smallest absolute Gasteiger partial charge is 0.462 e. The van der Waals surface area contributed by atoms with Crippen molar-refractivity contribution in [3.8, 4) is 0 Å². The largest absolute Gasteiger partial charge is 0.472 e. The maximum Gasteiger partial charge on any atom is 0.472 e. The Labute approximate surface area is 439 Å². The molecular formula is C60H103O11P. The second kappa shape index (κ2) is 53.9. The van der Waals surface area contributed by atoms with Crippen molar-refractivity contribution >= 4 is 25.7 Å². The van der Waals surface area contributed by atoms with Crippen molar-refractivity contribution in [3.05, 3.63) is 85.1 Å². The van der Waals surface area contributed by atoms with Crippen molar-refractivity contribution in [1.82, 2.24) is 0 Å². The summed E-state index contributed by atoms with van der Waals surface area (Å²) in [5.74, 6) is -1.64. The molecule has 0 aliphatic rings. The molecule has 0 saturated carbocycles. The molecule has 72 heavy (non-hydrogen) atoms. The highest BCUT2D eigenvalue weighted by molar-refractivity contribution is 7.47. The molecule has 0 saturated heterocycles. The Balaban J connectivity index is 4.84. The first kappa shape index (κ1) is 68.7. The average molecular weight is 1030 g/mol. The van der Waals surface area contributed by atoms with Crippen molar-refractivity contribution in [1.29, 1.82) is 0 Å². The van der Waals surface area contributed by atoms with E-state index in [2.05, 4.69) is 81.5 Å². The molecule has 0 bridgehead atoms. The second-order valence-corrected chi connectivity index (χ2v) is 20.2. The van der Waals surface area contributed by atoms with Crippen LogP contribution >= 0.6 is 7.82 Å². The van der Waals surface area contributed by atoms with E-state index in [0.29, 0.717) is 19.3 Å². The van der Waals surface area contributed by atoms with Crippen LogP contribution in [0.3, 0.4) is 0 Å². The van der Waals surface area contributed by atoms with Crippen LogP contribution in [0.4, 0.5) is 0 Å². The van der Waals surface area contributed by atoms with E-state index in [4.69, 9.17) is 23.3 Å². The lowest BCUT2D eigenvalue weighted by Gasteiger charge is -2.21. The second-order valence-electron chi connectivity index (χ2n) is 18.7. The van der Waals surface area contributed by atoms with E-state index < -0.39 is 57.8 Å². The molecule has 0 rings (SSSR count). The van der Waals surface area contributed by atoms with Crippen LogP contribution in [0.25, 0.3) is 0 Å². The van der Waals surface area contributed by atoms with E-state index in [1.165, 1.54) is 77.0 Å². The summed E-state index contributed by atoms with van der Waals surface area (Å²) in [4.78, 5) is 48.4. The minimum atomic E-state index is -4.78. The van der Waals surface area contributed by atoms with E-state index in [-0.39, 0.29) is 25.9 Å². The molecule has 0 aromatic rings. The Hall–Kier alpha value is -3.34. The maximum absolute atomic E-state index is 12.9. The fourth-order valence-corrected chi connectivity index (χ4v) is 8.26. The summed E-state index contributed by atoms with van der Waals surface area (Å²) in [6, 6.07) is 0. The minimum Gasteiger partial charge on any atom is -0.462 e. The van der Waals surface area contributed by atoms with Gasteiger partial charge >= 0.3 is 25.7 Å². The first-order chi connectivity index (χ1) is 35.2. The van der Waals surface area contributed by atoms with Gasteiger partial charge in [-0.05, 0) is 96.3 Å². The standard InChI is InChI=1S/C60H103O11P/c1-4-7-10-13-16-19-22-25-28-31-34-37-40-43-46-49-58(62)67-53-57(71-60(64)51-48-45-42-39-36-33-30-27-24-21-18-15-12-9-6-3)55-69-72(65,66)68-54-56(52-61)70-59(63)50-47-44-41-38-35-32-29-26-23-20-17-14-11-8-5-2/h9,12,18,21,25-30,36,39,45,48,56-57,61H,4-8,10-11,13-17,19-20,22-24,31-35,37-38,40-44,46-47,49-55H2,1-3H3,(H,65,66)/b12-9-,21-18-,28-25-,29-26-,30-27-,39-36-,48-45-. The van der Waals surface area contributed by atoms with Gasteiger partial charge in [0, 0.05) is 12.8 Å². The van der Waals surface area contributed by atoms with Crippen molar-refractivity contribution in [2.45, 2.75) is 251 Å². The van der Waals surface area contributed by atoms with Gasteiger partial charge in [0.1, 0.15) is 12.7 Å². The van der Waals surface area contributed by atoms with E-state index in [1.807, 2.05) is 18.2 Å². The Morgan fingerprint density at radius 1 is 0.417 bits per heavy atom. The average Bonchev–Trinajstić information content (AvgIpc) is 3.37. The zero-order valence-corrected chi connectivity index (χ0v) is 46.5. The number of ether oxygens (including phenoxy) is 3. The summed E-state index contributed by atoms with van der Waals surface area (Å²) < 4.78 is 39.3. The summed E-state index contributed by atoms with van der Waals surface area (Å²) in [6.45, 7) is 4.39. The van der Waals surface area contributed by atoms with Crippen LogP contribution < -0.4 is 0 Å². The maximum atomic E-state index is 12.9. The Bertz CT molecular complexity index is 1530. The summed E-state index contributed by atoms with van der Waals surface area (Å²) in [5.41, 5.74) is 0. The first-order valence-electron chi connectivity index (χ1n) is 28.5. The van der Waals surface area contributed by atoms with Gasteiger partial charge in [0.15, 0.2) is 6.10 Å². The molecule has 0 fully saturated rings. The number of aliphatic hydroxyl groups excluding tert-OH is 1. The molecule has 3 atom stereocenters. The molecule has 0 aliphatic carbocycles. The fourth-order valence-electron chi connectivity index (χ4n) is 7.48. The molecule has 0 radical (unpaired) electrons. The number of carbonyl (C=O) groups is 3. The van der Waals surface area contributed by atoms with E-state index in [0.717, 1.165) is 103 Å². The van der Waals surface area contributed by atoms with Crippen LogP contribution in [0.2, 0.25) is 0 Å². The van der Waals surface area contributed by atoms with Gasteiger partial charge in [-0.15, -0.1) is 0 Å². The molecule has 0 amide bonds. The van der Waals surface area contributed by atoms with Crippen LogP contribution in [0.1, 0.15) is 239 Å². The molecule has 11 nitrogen and oxygen atoms in total. The first-order valence-corrected chi connectivity index (χ1v) is 30.0. The third-order valence-corrected chi connectivity index (χ3v) is 12.8. The minimum absolute atomic E-state index is 0.0687. The predicted molar refractivity (Wildman–Crippen MR) is 298 cm³/mol. The van der Waals surface area contributed by atoms with Crippen LogP contribution in [0.15, 0.2) is 85.1 Å². The number of hydrogen-bond acceptors (Lipinski definition) is 10. The highest BCUT2D eigenvalue weighted by Gasteiger charge is 2.28. The number of esters is 3. The lowest BCUT2D eigenvalue weighted by Crippen LogP contribution is -2.30. The Morgan fingerprint density at radius 2 is 0.778 bits per heavy atom. The van der Waals surface area contributed by atoms with E-state index >= 15 is 0 Å². The lowest BCUT2D eigenvalue weighted by molar-refractivity contribution is -0.160. The SMILES string of the molecule is CC/C=C\C/C=C\C/C=C\C/C=C\C/C=C\CC(=O)OC(COC(=O)CCCCCCC/C=C\CCCCCCCC)COP(=O)(O)OCC(CO)OC(=O)CCCCCCC/C=C\CCCCCCCC. The zero-order valence-electron chi connectivity index (χ0n) is 45.6. The van der Waals surface area contributed by atoms with E-state index in [1.54, 1.807) is 6.08 Å². The van der Waals surface area contributed by atoms with Crippen LogP contribution in [0, 0.1) is 0 Å². The summed E-state index contributed by atoms with van der Waals surface area (Å²) >= 11 is 0. The number of aliphatic hydroxyl groups is 1. The molecule has 0 aromatic heterocycles. The topological polar surface area (TPSA) is 155 Å². The van der Waals surface area contributed by atoms with Crippen molar-refractivity contribution in [2.24, 2.45) is 0 Å². The highest BCUT2D eigenvalue weighted by atomic mass is 31.2. The van der Waals surface area contributed by atoms with E-state index in [9.17, 15) is 28.9 Å². The molecule has 414 valence electrons. The predicted octanol–water partition coefficient (Wildman–Crippen LogP) is 16.7. The van der Waals surface area contributed by atoms with Gasteiger partial charge < -0.3 is 24.2 Å². The van der Waals surface area contributed by atoms with Gasteiger partial charge in [-0.2, -0.15) is 0 Å². The molecular weight excluding hydrogens is 928 g/mol. The van der Waals surface area contributed by atoms with Gasteiger partial charge in [-0.25, -0.2) is 4.57 Å². The number of carbonyl (C=O) groups excluding carboxylic acids is 3. The molecule has 0 aromatic carbocycles. The third kappa shape index (κ3) is 51.6. The van der Waals surface area contributed by atoms with Gasteiger partial charge in [0.05, 0.1) is 26.2 Å². The number of hydrogen-bond donors (Lipinski definition) is 2.